The monoisotopic (exact) mass is 394 g/mol. The molecule has 0 N–H and O–H groups in total. The van der Waals surface area contributed by atoms with E-state index in [-0.39, 0.29) is 16.7 Å². The molecule has 1 heterocycles. The molecule has 2 amide bonds. The maximum absolute atomic E-state index is 13.1. The van der Waals surface area contributed by atoms with Gasteiger partial charge in [-0.2, -0.15) is 4.31 Å². The van der Waals surface area contributed by atoms with Crippen LogP contribution < -0.4 is 13.9 Å². The van der Waals surface area contributed by atoms with Crippen LogP contribution in [0.25, 0.3) is 0 Å². The number of anilines is 2. The van der Waals surface area contributed by atoms with E-state index < -0.39 is 16.1 Å². The van der Waals surface area contributed by atoms with E-state index in [1.54, 1.807) is 31.2 Å². The zero-order valence-corrected chi connectivity index (χ0v) is 16.2. The van der Waals surface area contributed by atoms with Crippen molar-refractivity contribution in [1.82, 2.24) is 0 Å². The molecule has 0 aliphatic carbocycles. The predicted molar refractivity (Wildman–Crippen MR) is 102 cm³/mol. The Morgan fingerprint density at radius 2 is 1.77 bits per heavy atom. The number of benzene rings is 2. The average Bonchev–Trinajstić information content (AvgIpc) is 2.56. The van der Waals surface area contributed by atoms with Crippen molar-refractivity contribution in [3.63, 3.8) is 0 Å². The molecule has 8 heteroatoms. The number of ether oxygens (including phenoxy) is 1. The molecule has 0 fully saturated rings. The quantitative estimate of drug-likeness (QED) is 0.776. The lowest BCUT2D eigenvalue weighted by Gasteiger charge is -2.36. The molecule has 1 aliphatic rings. The lowest BCUT2D eigenvalue weighted by atomic mass is 10.2. The summed E-state index contributed by atoms with van der Waals surface area (Å²) in [6.45, 7) is 5.86. The minimum Gasteiger partial charge on any atom is -0.491 e. The van der Waals surface area contributed by atoms with Crippen molar-refractivity contribution in [2.75, 3.05) is 15.7 Å². The molecule has 2 aromatic carbocycles. The highest BCUT2D eigenvalue weighted by atomic mass is 35.5. The molecule has 0 unspecified atom stereocenters. The number of nitrogens with zero attached hydrogens (tertiary/aromatic N) is 2. The summed E-state index contributed by atoms with van der Waals surface area (Å²) < 4.78 is 32.6. The van der Waals surface area contributed by atoms with Gasteiger partial charge in [-0.1, -0.05) is 11.6 Å². The number of amides is 2. The highest BCUT2D eigenvalue weighted by molar-refractivity contribution is 7.94. The van der Waals surface area contributed by atoms with Crippen molar-refractivity contribution in [2.45, 2.75) is 31.8 Å². The Morgan fingerprint density at radius 1 is 1.12 bits per heavy atom. The molecule has 0 saturated heterocycles. The van der Waals surface area contributed by atoms with Crippen molar-refractivity contribution in [1.29, 1.82) is 0 Å². The smallest absolute Gasteiger partial charge is 0.343 e. The second kappa shape index (κ2) is 6.81. The number of sulfonamides is 1. The lowest BCUT2D eigenvalue weighted by Crippen LogP contribution is -2.51. The van der Waals surface area contributed by atoms with Crippen LogP contribution in [0.4, 0.5) is 16.2 Å². The Bertz CT molecular complexity index is 942. The summed E-state index contributed by atoms with van der Waals surface area (Å²) in [5, 5.41) is 0.457. The molecular weight excluding hydrogens is 376 g/mol. The minimum atomic E-state index is -4.04. The first-order valence-corrected chi connectivity index (χ1v) is 10.0. The van der Waals surface area contributed by atoms with Gasteiger partial charge in [0.15, 0.2) is 0 Å². The van der Waals surface area contributed by atoms with E-state index in [4.69, 9.17) is 16.3 Å². The van der Waals surface area contributed by atoms with Gasteiger partial charge in [0.25, 0.3) is 10.0 Å². The Hall–Kier alpha value is -2.25. The molecule has 3 rings (SSSR count). The lowest BCUT2D eigenvalue weighted by molar-refractivity contribution is 0.242. The number of fused-ring (bicyclic) bond motifs is 1. The first-order valence-electron chi connectivity index (χ1n) is 8.18. The second-order valence-electron chi connectivity index (χ2n) is 6.07. The normalized spacial score (nSPS) is 16.0. The largest absolute Gasteiger partial charge is 0.491 e. The first kappa shape index (κ1) is 18.5. The van der Waals surface area contributed by atoms with Crippen LogP contribution in [0.15, 0.2) is 47.4 Å². The first-order chi connectivity index (χ1) is 12.3. The van der Waals surface area contributed by atoms with Crippen molar-refractivity contribution < 1.29 is 17.9 Å². The molecule has 0 atom stereocenters. The fourth-order valence-corrected chi connectivity index (χ4v) is 4.52. The van der Waals surface area contributed by atoms with Gasteiger partial charge in [-0.25, -0.2) is 13.2 Å². The van der Waals surface area contributed by atoms with E-state index in [1.807, 2.05) is 13.8 Å². The Labute approximate surface area is 158 Å². The van der Waals surface area contributed by atoms with E-state index in [0.717, 1.165) is 4.31 Å². The Morgan fingerprint density at radius 3 is 2.35 bits per heavy atom. The van der Waals surface area contributed by atoms with Crippen LogP contribution in [0.2, 0.25) is 5.02 Å². The van der Waals surface area contributed by atoms with Gasteiger partial charge < -0.3 is 4.74 Å². The summed E-state index contributed by atoms with van der Waals surface area (Å²) in [6, 6.07) is 10.1. The fourth-order valence-electron chi connectivity index (χ4n) is 2.82. The summed E-state index contributed by atoms with van der Waals surface area (Å²) in [6.07, 6.45) is -0.0652. The van der Waals surface area contributed by atoms with Crippen LogP contribution in [0.5, 0.6) is 5.75 Å². The number of carbonyl (C=O) groups excluding carboxylic acids is 1. The highest BCUT2D eigenvalue weighted by Crippen LogP contribution is 2.39. The van der Waals surface area contributed by atoms with Crippen LogP contribution in [-0.2, 0) is 10.0 Å². The maximum atomic E-state index is 13.1. The second-order valence-corrected chi connectivity index (χ2v) is 8.26. The molecule has 138 valence electrons. The van der Waals surface area contributed by atoms with Crippen LogP contribution in [0.3, 0.4) is 0 Å². The van der Waals surface area contributed by atoms with Crippen molar-refractivity contribution in [3.05, 3.63) is 47.5 Å². The molecule has 26 heavy (non-hydrogen) atoms. The topological polar surface area (TPSA) is 66.9 Å². The maximum Gasteiger partial charge on any atom is 0.343 e. The SMILES string of the molecule is CCN1C(=O)N(c2ccc(Cl)cc2)S(=O)(=O)c2ccc(OC(C)C)cc21. The molecule has 0 saturated carbocycles. The Kier molecular flexibility index (Phi) is 4.86. The third-order valence-corrected chi connectivity index (χ3v) is 5.89. The molecule has 6 nitrogen and oxygen atoms in total. The predicted octanol–water partition coefficient (Wildman–Crippen LogP) is 4.28. The molecule has 0 radical (unpaired) electrons. The third-order valence-electron chi connectivity index (χ3n) is 3.89. The van der Waals surface area contributed by atoms with Gasteiger partial charge in [0.1, 0.15) is 10.6 Å². The number of rotatable bonds is 4. The number of urea groups is 1. The van der Waals surface area contributed by atoms with Crippen LogP contribution in [-0.4, -0.2) is 27.1 Å². The summed E-state index contributed by atoms with van der Waals surface area (Å²) in [5.41, 5.74) is 0.562. The summed E-state index contributed by atoms with van der Waals surface area (Å²) in [7, 11) is -4.04. The van der Waals surface area contributed by atoms with Crippen molar-refractivity contribution in [2.24, 2.45) is 0 Å². The fraction of sp³-hybridized carbons (Fsp3) is 0.278. The van der Waals surface area contributed by atoms with Gasteiger partial charge in [-0.15, -0.1) is 0 Å². The number of carbonyl (C=O) groups is 1. The number of hydrogen-bond donors (Lipinski definition) is 0. The van der Waals surface area contributed by atoms with Gasteiger partial charge in [0, 0.05) is 17.6 Å². The van der Waals surface area contributed by atoms with E-state index in [1.165, 1.54) is 23.1 Å². The average molecular weight is 395 g/mol. The van der Waals surface area contributed by atoms with Crippen LogP contribution in [0, 0.1) is 0 Å². The third kappa shape index (κ3) is 3.12. The Balaban J connectivity index is 2.16. The standard InChI is InChI=1S/C18H19ClN2O4S/c1-4-20-16-11-15(25-12(2)3)9-10-17(16)26(23,24)21(18(20)22)14-7-5-13(19)6-8-14/h5-12H,4H2,1-3H3. The van der Waals surface area contributed by atoms with Crippen LogP contribution in [0.1, 0.15) is 20.8 Å². The zero-order chi connectivity index (χ0) is 19.1. The van der Waals surface area contributed by atoms with Gasteiger partial charge in [0.05, 0.1) is 17.5 Å². The van der Waals surface area contributed by atoms with Gasteiger partial charge in [0.2, 0.25) is 0 Å². The number of hydrogen-bond acceptors (Lipinski definition) is 4. The molecule has 0 aromatic heterocycles. The van der Waals surface area contributed by atoms with Gasteiger partial charge >= 0.3 is 6.03 Å². The van der Waals surface area contributed by atoms with Gasteiger partial charge in [-0.3, -0.25) is 4.90 Å². The van der Waals surface area contributed by atoms with E-state index in [2.05, 4.69) is 0 Å². The summed E-state index contributed by atoms with van der Waals surface area (Å²) in [5.74, 6) is 0.514. The number of halogens is 1. The summed E-state index contributed by atoms with van der Waals surface area (Å²) >= 11 is 5.88. The molecular formula is C18H19ClN2O4S. The summed E-state index contributed by atoms with van der Waals surface area (Å²) in [4.78, 5) is 14.4. The van der Waals surface area contributed by atoms with Crippen molar-refractivity contribution in [3.8, 4) is 5.75 Å². The van der Waals surface area contributed by atoms with Crippen LogP contribution >= 0.6 is 11.6 Å². The zero-order valence-electron chi connectivity index (χ0n) is 14.6. The van der Waals surface area contributed by atoms with Gasteiger partial charge in [-0.05, 0) is 57.2 Å². The molecule has 2 aromatic rings. The van der Waals surface area contributed by atoms with E-state index in [9.17, 15) is 13.2 Å². The van der Waals surface area contributed by atoms with Crippen molar-refractivity contribution >= 4 is 39.0 Å². The van der Waals surface area contributed by atoms with E-state index >= 15 is 0 Å². The molecule has 0 spiro atoms. The minimum absolute atomic E-state index is 0.0602. The molecule has 0 bridgehead atoms. The highest BCUT2D eigenvalue weighted by Gasteiger charge is 2.42. The molecule has 1 aliphatic heterocycles. The van der Waals surface area contributed by atoms with E-state index in [0.29, 0.717) is 23.0 Å².